The molecule has 4 aromatic rings. The van der Waals surface area contributed by atoms with E-state index in [0.717, 1.165) is 10.9 Å². The van der Waals surface area contributed by atoms with Crippen LogP contribution >= 0.6 is 0 Å². The molecule has 68 heavy (non-hydrogen) atoms. The highest BCUT2D eigenvalue weighted by molar-refractivity contribution is 6.62. The molecule has 2 fully saturated rings. The average molecular weight is 919 g/mol. The first-order valence-electron chi connectivity index (χ1n) is 27.8. The molecule has 0 spiro atoms. The maximum absolute atomic E-state index is 6.72. The molecule has 6 heteroatoms. The molecule has 0 amide bonds. The first kappa shape index (κ1) is 51.2. The SMILES string of the molecule is CCCCCCC1(CCCCCC)c2cc(B3OC(C)(C)C(C)(C)O3)ccc2-c2ccc(-c3ccc4c(c3)C(CCCCCC)(CCCCCC)c3cc(B5OC(C)(C)C(C)(C)O5)ccc3-4)cc21. The van der Waals surface area contributed by atoms with Crippen LogP contribution < -0.4 is 10.9 Å². The van der Waals surface area contributed by atoms with Gasteiger partial charge in [0.2, 0.25) is 0 Å². The van der Waals surface area contributed by atoms with Crippen molar-refractivity contribution in [1.82, 2.24) is 0 Å². The molecule has 0 atom stereocenters. The zero-order valence-electron chi connectivity index (χ0n) is 44.9. The smallest absolute Gasteiger partial charge is 0.399 e. The van der Waals surface area contributed by atoms with Gasteiger partial charge in [-0.25, -0.2) is 0 Å². The van der Waals surface area contributed by atoms with Gasteiger partial charge in [-0.15, -0.1) is 0 Å². The van der Waals surface area contributed by atoms with Crippen LogP contribution in [0.3, 0.4) is 0 Å². The summed E-state index contributed by atoms with van der Waals surface area (Å²) >= 11 is 0. The van der Waals surface area contributed by atoms with E-state index in [4.69, 9.17) is 18.6 Å². The molecule has 0 N–H and O–H groups in total. The third-order valence-corrected chi connectivity index (χ3v) is 18.0. The van der Waals surface area contributed by atoms with Crippen molar-refractivity contribution in [3.63, 3.8) is 0 Å². The number of fused-ring (bicyclic) bond motifs is 6. The van der Waals surface area contributed by atoms with E-state index in [9.17, 15) is 0 Å². The van der Waals surface area contributed by atoms with E-state index in [1.165, 1.54) is 184 Å². The Morgan fingerprint density at radius 1 is 0.324 bits per heavy atom. The standard InChI is InChI=1S/C62H88B2O4/c1-13-17-21-25-37-61(38-26-22-18-14-2)53-41-45(29-33-49(53)51-35-31-47(43-55(51)61)63-65-57(5,6)58(7,8)66-63)46-30-34-50-52-36-32-48(64-67-59(9,10)60(11,12)68-64)44-56(52)62(54(50)42-46,39-27-23-19-15-3)40-28-24-20-16-4/h29-36,41-44H,13-28,37-40H2,1-12H3. The fraction of sp³-hybridized carbons (Fsp3) is 0.613. The molecule has 2 aliphatic heterocycles. The molecule has 4 aromatic carbocycles. The maximum Gasteiger partial charge on any atom is 0.494 e. The lowest BCUT2D eigenvalue weighted by atomic mass is 9.68. The lowest BCUT2D eigenvalue weighted by molar-refractivity contribution is 0.00578. The summed E-state index contributed by atoms with van der Waals surface area (Å²) < 4.78 is 26.9. The predicted molar refractivity (Wildman–Crippen MR) is 291 cm³/mol. The fourth-order valence-electron chi connectivity index (χ4n) is 12.4. The summed E-state index contributed by atoms with van der Waals surface area (Å²) in [4.78, 5) is 0. The molecule has 4 aliphatic rings. The first-order chi connectivity index (χ1) is 32.5. The van der Waals surface area contributed by atoms with Crippen LogP contribution in [0.25, 0.3) is 33.4 Å². The minimum absolute atomic E-state index is 0.0685. The van der Waals surface area contributed by atoms with Crippen molar-refractivity contribution in [2.75, 3.05) is 0 Å². The Labute approximate surface area is 415 Å². The summed E-state index contributed by atoms with van der Waals surface area (Å²) in [5, 5.41) is 0. The fourth-order valence-corrected chi connectivity index (χ4v) is 12.4. The van der Waals surface area contributed by atoms with E-state index in [0.29, 0.717) is 0 Å². The number of hydrogen-bond donors (Lipinski definition) is 0. The van der Waals surface area contributed by atoms with Crippen LogP contribution in [0.4, 0.5) is 0 Å². The van der Waals surface area contributed by atoms with Gasteiger partial charge in [-0.2, -0.15) is 0 Å². The highest BCUT2D eigenvalue weighted by Crippen LogP contribution is 2.57. The molecule has 2 heterocycles. The molecule has 4 nitrogen and oxygen atoms in total. The quantitative estimate of drug-likeness (QED) is 0.0549. The Hall–Kier alpha value is -3.15. The summed E-state index contributed by atoms with van der Waals surface area (Å²) in [6.45, 7) is 26.7. The van der Waals surface area contributed by atoms with Crippen LogP contribution in [0.1, 0.15) is 234 Å². The Bertz CT molecular complexity index is 2150. The number of benzene rings is 4. The molecular formula is C62H88B2O4. The molecular weight excluding hydrogens is 830 g/mol. The van der Waals surface area contributed by atoms with E-state index < -0.39 is 0 Å². The van der Waals surface area contributed by atoms with Gasteiger partial charge < -0.3 is 18.6 Å². The van der Waals surface area contributed by atoms with Crippen molar-refractivity contribution in [1.29, 1.82) is 0 Å². The lowest BCUT2D eigenvalue weighted by Crippen LogP contribution is -2.41. The van der Waals surface area contributed by atoms with Crippen LogP contribution in [0.5, 0.6) is 0 Å². The van der Waals surface area contributed by atoms with Crippen LogP contribution in [0, 0.1) is 0 Å². The Kier molecular flexibility index (Phi) is 15.5. The third-order valence-electron chi connectivity index (χ3n) is 18.0. The van der Waals surface area contributed by atoms with Gasteiger partial charge in [-0.1, -0.05) is 191 Å². The third kappa shape index (κ3) is 9.53. The Morgan fingerprint density at radius 2 is 0.588 bits per heavy atom. The van der Waals surface area contributed by atoms with Crippen LogP contribution in [0.15, 0.2) is 72.8 Å². The zero-order chi connectivity index (χ0) is 48.5. The van der Waals surface area contributed by atoms with Crippen molar-refractivity contribution in [2.24, 2.45) is 0 Å². The van der Waals surface area contributed by atoms with Gasteiger partial charge in [0, 0.05) is 10.8 Å². The molecule has 0 radical (unpaired) electrons. The summed E-state index contributed by atoms with van der Waals surface area (Å²) in [6, 6.07) is 29.6. The molecule has 8 rings (SSSR count). The van der Waals surface area contributed by atoms with Gasteiger partial charge in [-0.3, -0.25) is 0 Å². The van der Waals surface area contributed by atoms with Crippen molar-refractivity contribution in [3.8, 4) is 33.4 Å². The van der Waals surface area contributed by atoms with E-state index in [-0.39, 0.29) is 47.5 Å². The molecule has 366 valence electrons. The monoisotopic (exact) mass is 919 g/mol. The number of rotatable bonds is 23. The maximum atomic E-state index is 6.72. The van der Waals surface area contributed by atoms with E-state index in [1.54, 1.807) is 0 Å². The van der Waals surface area contributed by atoms with E-state index in [2.05, 4.69) is 156 Å². The van der Waals surface area contributed by atoms with E-state index in [1.807, 2.05) is 0 Å². The van der Waals surface area contributed by atoms with Crippen LogP contribution in [0.2, 0.25) is 0 Å². The van der Waals surface area contributed by atoms with E-state index >= 15 is 0 Å². The van der Waals surface area contributed by atoms with Crippen LogP contribution in [-0.2, 0) is 29.4 Å². The Morgan fingerprint density at radius 3 is 0.868 bits per heavy atom. The highest BCUT2D eigenvalue weighted by atomic mass is 16.7. The summed E-state index contributed by atoms with van der Waals surface area (Å²) in [6.07, 6.45) is 24.8. The number of hydrogen-bond acceptors (Lipinski definition) is 4. The molecule has 2 aliphatic carbocycles. The molecule has 2 saturated heterocycles. The van der Waals surface area contributed by atoms with Gasteiger partial charge in [0.25, 0.3) is 0 Å². The molecule has 0 aromatic heterocycles. The minimum atomic E-state index is -0.388. The summed E-state index contributed by atoms with van der Waals surface area (Å²) in [7, 11) is -0.759. The second-order valence-corrected chi connectivity index (χ2v) is 23.7. The average Bonchev–Trinajstić information content (AvgIpc) is 3.91. The molecule has 0 unspecified atom stereocenters. The van der Waals surface area contributed by atoms with Gasteiger partial charge in [0.1, 0.15) is 0 Å². The van der Waals surface area contributed by atoms with Gasteiger partial charge >= 0.3 is 14.2 Å². The normalized spacial score (nSPS) is 19.6. The first-order valence-corrected chi connectivity index (χ1v) is 27.8. The highest BCUT2D eigenvalue weighted by Gasteiger charge is 2.54. The van der Waals surface area contributed by atoms with Crippen molar-refractivity contribution in [2.45, 2.75) is 245 Å². The predicted octanol–water partition coefficient (Wildman–Crippen LogP) is 16.4. The van der Waals surface area contributed by atoms with Crippen LogP contribution in [-0.4, -0.2) is 36.6 Å². The number of unbranched alkanes of at least 4 members (excludes halogenated alkanes) is 12. The summed E-state index contributed by atoms with van der Waals surface area (Å²) in [5.41, 5.74) is 15.0. The minimum Gasteiger partial charge on any atom is -0.399 e. The van der Waals surface area contributed by atoms with Gasteiger partial charge in [0.05, 0.1) is 22.4 Å². The largest absolute Gasteiger partial charge is 0.494 e. The zero-order valence-corrected chi connectivity index (χ0v) is 44.9. The van der Waals surface area contributed by atoms with Gasteiger partial charge in [0.15, 0.2) is 0 Å². The van der Waals surface area contributed by atoms with Gasteiger partial charge in [-0.05, 0) is 160 Å². The second kappa shape index (κ2) is 20.5. The Balaban J connectivity index is 1.24. The van der Waals surface area contributed by atoms with Crippen molar-refractivity contribution >= 4 is 25.2 Å². The molecule has 0 bridgehead atoms. The lowest BCUT2D eigenvalue weighted by Gasteiger charge is -2.34. The van der Waals surface area contributed by atoms with Crippen molar-refractivity contribution in [3.05, 3.63) is 95.1 Å². The molecule has 0 saturated carbocycles. The second-order valence-electron chi connectivity index (χ2n) is 23.7. The van der Waals surface area contributed by atoms with Crippen molar-refractivity contribution < 1.29 is 18.6 Å². The summed E-state index contributed by atoms with van der Waals surface area (Å²) in [5.74, 6) is 0. The topological polar surface area (TPSA) is 36.9 Å².